The molecule has 0 saturated carbocycles. The van der Waals surface area contributed by atoms with Crippen molar-refractivity contribution in [2.24, 2.45) is 0 Å². The Morgan fingerprint density at radius 3 is 2.62 bits per heavy atom. The van der Waals surface area contributed by atoms with Crippen molar-refractivity contribution in [3.63, 3.8) is 0 Å². The third kappa shape index (κ3) is 4.09. The van der Waals surface area contributed by atoms with Gasteiger partial charge in [-0.1, -0.05) is 24.9 Å². The van der Waals surface area contributed by atoms with Crippen LogP contribution in [0, 0.1) is 0 Å². The lowest BCUT2D eigenvalue weighted by Gasteiger charge is -2.06. The van der Waals surface area contributed by atoms with Crippen molar-refractivity contribution in [2.45, 2.75) is 31.6 Å². The van der Waals surface area contributed by atoms with Crippen LogP contribution in [0.2, 0.25) is 5.02 Å². The summed E-state index contributed by atoms with van der Waals surface area (Å²) in [5.74, 6) is -0.482. The Bertz CT molecular complexity index is 862. The number of halogens is 2. The highest BCUT2D eigenvalue weighted by Crippen LogP contribution is 2.26. The van der Waals surface area contributed by atoms with Gasteiger partial charge < -0.3 is 4.74 Å². The third-order valence-corrected chi connectivity index (χ3v) is 4.89. The van der Waals surface area contributed by atoms with Gasteiger partial charge in [-0.05, 0) is 31.5 Å². The van der Waals surface area contributed by atoms with E-state index in [4.69, 9.17) is 27.0 Å². The number of aryl methyl sites for hydroxylation is 1. The first-order valence-electron chi connectivity index (χ1n) is 7.28. The molecule has 0 saturated heterocycles. The van der Waals surface area contributed by atoms with Crippen molar-refractivity contribution in [3.8, 4) is 5.69 Å². The average Bonchev–Trinajstić information content (AvgIpc) is 2.91. The number of benzene rings is 1. The number of esters is 1. The lowest BCUT2D eigenvalue weighted by atomic mass is 10.2. The van der Waals surface area contributed by atoms with Crippen molar-refractivity contribution in [2.75, 3.05) is 6.61 Å². The first-order valence-corrected chi connectivity index (χ1v) is 9.96. The summed E-state index contributed by atoms with van der Waals surface area (Å²) in [5.41, 5.74) is 1.20. The van der Waals surface area contributed by atoms with Crippen molar-refractivity contribution >= 4 is 37.3 Å². The lowest BCUT2D eigenvalue weighted by molar-refractivity contribution is 0.0525. The zero-order valence-corrected chi connectivity index (χ0v) is 15.5. The molecule has 0 fully saturated rings. The second-order valence-electron chi connectivity index (χ2n) is 4.96. The predicted octanol–water partition coefficient (Wildman–Crippen LogP) is 3.58. The van der Waals surface area contributed by atoms with Crippen molar-refractivity contribution < 1.29 is 17.9 Å². The van der Waals surface area contributed by atoms with Crippen LogP contribution in [0.1, 0.15) is 36.3 Å². The molecule has 0 N–H and O–H groups in total. The van der Waals surface area contributed by atoms with E-state index in [9.17, 15) is 13.2 Å². The van der Waals surface area contributed by atoms with E-state index in [0.29, 0.717) is 23.4 Å². The van der Waals surface area contributed by atoms with E-state index in [-0.39, 0.29) is 16.5 Å². The molecule has 0 radical (unpaired) electrons. The largest absolute Gasteiger partial charge is 0.462 e. The number of hydrogen-bond acceptors (Lipinski definition) is 5. The fourth-order valence-corrected chi connectivity index (χ4v) is 3.13. The van der Waals surface area contributed by atoms with Gasteiger partial charge in [0.2, 0.25) is 0 Å². The molecule has 1 aromatic carbocycles. The maximum atomic E-state index is 12.1. The maximum Gasteiger partial charge on any atom is 0.341 e. The molecule has 0 aliphatic rings. The fourth-order valence-electron chi connectivity index (χ4n) is 2.15. The van der Waals surface area contributed by atoms with Crippen LogP contribution in [0.15, 0.2) is 29.3 Å². The van der Waals surface area contributed by atoms with Crippen LogP contribution in [0.3, 0.4) is 0 Å². The molecule has 130 valence electrons. The molecule has 0 spiro atoms. The van der Waals surface area contributed by atoms with Crippen LogP contribution in [0.25, 0.3) is 5.69 Å². The maximum absolute atomic E-state index is 12.1. The van der Waals surface area contributed by atoms with Gasteiger partial charge in [0.15, 0.2) is 0 Å². The summed E-state index contributed by atoms with van der Waals surface area (Å²) in [4.78, 5) is 12.0. The number of nitrogens with zero attached hydrogens (tertiary/aromatic N) is 2. The highest BCUT2D eigenvalue weighted by atomic mass is 35.7. The van der Waals surface area contributed by atoms with Gasteiger partial charge in [-0.2, -0.15) is 5.10 Å². The minimum atomic E-state index is -3.91. The van der Waals surface area contributed by atoms with E-state index in [0.717, 1.165) is 6.42 Å². The number of hydrogen-bond donors (Lipinski definition) is 0. The molecule has 9 heteroatoms. The molecule has 2 rings (SSSR count). The van der Waals surface area contributed by atoms with Crippen LogP contribution in [-0.4, -0.2) is 30.8 Å². The topological polar surface area (TPSA) is 78.3 Å². The van der Waals surface area contributed by atoms with Crippen LogP contribution in [0.5, 0.6) is 0 Å². The standard InChI is InChI=1S/C15H16Cl2N2O4S/c1-3-5-13-11(15(20)23-4-2)9-19(18-13)14-8-10(24(17,21)22)6-7-12(14)16/h6-9H,3-5H2,1-2H3. The number of aromatic nitrogens is 2. The van der Waals surface area contributed by atoms with E-state index in [1.54, 1.807) is 6.92 Å². The molecule has 24 heavy (non-hydrogen) atoms. The Kier molecular flexibility index (Phi) is 5.90. The Morgan fingerprint density at radius 1 is 1.33 bits per heavy atom. The molecule has 0 unspecified atom stereocenters. The Labute approximate surface area is 149 Å². The van der Waals surface area contributed by atoms with Gasteiger partial charge in [0, 0.05) is 16.9 Å². The van der Waals surface area contributed by atoms with Gasteiger partial charge in [-0.15, -0.1) is 0 Å². The van der Waals surface area contributed by atoms with Crippen LogP contribution >= 0.6 is 22.3 Å². The van der Waals surface area contributed by atoms with Crippen molar-refractivity contribution in [1.29, 1.82) is 0 Å². The molecule has 0 atom stereocenters. The Balaban J connectivity index is 2.57. The van der Waals surface area contributed by atoms with E-state index in [1.807, 2.05) is 6.92 Å². The normalized spacial score (nSPS) is 11.5. The monoisotopic (exact) mass is 390 g/mol. The Morgan fingerprint density at radius 2 is 2.04 bits per heavy atom. The molecule has 6 nitrogen and oxygen atoms in total. The van der Waals surface area contributed by atoms with Crippen molar-refractivity contribution in [3.05, 3.63) is 40.7 Å². The van der Waals surface area contributed by atoms with Gasteiger partial charge >= 0.3 is 5.97 Å². The lowest BCUT2D eigenvalue weighted by Crippen LogP contribution is -2.06. The first kappa shape index (κ1) is 18.8. The summed E-state index contributed by atoms with van der Waals surface area (Å²) < 4.78 is 29.4. The summed E-state index contributed by atoms with van der Waals surface area (Å²) in [6, 6.07) is 4.02. The predicted molar refractivity (Wildman–Crippen MR) is 91.6 cm³/mol. The number of carbonyl (C=O) groups is 1. The van der Waals surface area contributed by atoms with Gasteiger partial charge in [-0.3, -0.25) is 0 Å². The minimum absolute atomic E-state index is 0.103. The smallest absolute Gasteiger partial charge is 0.341 e. The van der Waals surface area contributed by atoms with E-state index in [1.165, 1.54) is 29.1 Å². The Hall–Kier alpha value is -1.57. The highest BCUT2D eigenvalue weighted by molar-refractivity contribution is 8.13. The molecular formula is C15H16Cl2N2O4S. The summed E-state index contributed by atoms with van der Waals surface area (Å²) in [5, 5.41) is 4.63. The van der Waals surface area contributed by atoms with Crippen LogP contribution in [-0.2, 0) is 20.2 Å². The quantitative estimate of drug-likeness (QED) is 0.556. The number of ether oxygens (including phenoxy) is 1. The zero-order chi connectivity index (χ0) is 17.9. The SMILES string of the molecule is CCCc1nn(-c2cc(S(=O)(=O)Cl)ccc2Cl)cc1C(=O)OCC. The molecule has 0 aliphatic carbocycles. The average molecular weight is 391 g/mol. The molecule has 0 aliphatic heterocycles. The highest BCUT2D eigenvalue weighted by Gasteiger charge is 2.20. The second kappa shape index (κ2) is 7.55. The van der Waals surface area contributed by atoms with Gasteiger partial charge in [0.25, 0.3) is 9.05 Å². The summed E-state index contributed by atoms with van der Waals surface area (Å²) >= 11 is 6.15. The van der Waals surface area contributed by atoms with Gasteiger partial charge in [-0.25, -0.2) is 17.9 Å². The summed E-state index contributed by atoms with van der Waals surface area (Å²) in [6.45, 7) is 3.92. The zero-order valence-electron chi connectivity index (χ0n) is 13.1. The molecule has 2 aromatic rings. The van der Waals surface area contributed by atoms with Gasteiger partial charge in [0.1, 0.15) is 5.56 Å². The van der Waals surface area contributed by atoms with E-state index in [2.05, 4.69) is 5.10 Å². The fraction of sp³-hybridized carbons (Fsp3) is 0.333. The van der Waals surface area contributed by atoms with Crippen LogP contribution in [0.4, 0.5) is 0 Å². The minimum Gasteiger partial charge on any atom is -0.462 e. The van der Waals surface area contributed by atoms with Crippen molar-refractivity contribution in [1.82, 2.24) is 9.78 Å². The molecule has 0 bridgehead atoms. The molecule has 0 amide bonds. The first-order chi connectivity index (χ1) is 11.3. The second-order valence-corrected chi connectivity index (χ2v) is 7.93. The number of rotatable bonds is 6. The van der Waals surface area contributed by atoms with E-state index >= 15 is 0 Å². The van der Waals surface area contributed by atoms with E-state index < -0.39 is 15.0 Å². The van der Waals surface area contributed by atoms with Gasteiger partial charge in [0.05, 0.1) is 27.9 Å². The molecule has 1 aromatic heterocycles. The summed E-state index contributed by atoms with van der Waals surface area (Å²) in [7, 11) is 1.47. The summed E-state index contributed by atoms with van der Waals surface area (Å²) in [6.07, 6.45) is 2.84. The van der Waals surface area contributed by atoms with Crippen LogP contribution < -0.4 is 0 Å². The third-order valence-electron chi connectivity index (χ3n) is 3.22. The number of carbonyl (C=O) groups excluding carboxylic acids is 1. The molecule has 1 heterocycles. The molecular weight excluding hydrogens is 375 g/mol.